The topological polar surface area (TPSA) is 93.9 Å². The van der Waals surface area contributed by atoms with Gasteiger partial charge in [-0.05, 0) is 29.0 Å². The van der Waals surface area contributed by atoms with Gasteiger partial charge in [-0.2, -0.15) is 0 Å². The second-order valence-electron chi connectivity index (χ2n) is 7.47. The molecule has 0 aliphatic carbocycles. The Morgan fingerprint density at radius 2 is 1.56 bits per heavy atom. The first kappa shape index (κ1) is 19.7. The molecule has 1 aliphatic heterocycles. The Morgan fingerprint density at radius 3 is 2.31 bits per heavy atom. The van der Waals surface area contributed by atoms with E-state index in [9.17, 15) is 19.2 Å². The lowest BCUT2D eigenvalue weighted by molar-refractivity contribution is -0.145. The van der Waals surface area contributed by atoms with Gasteiger partial charge in [-0.15, -0.1) is 0 Å². The monoisotopic (exact) mass is 427 g/mol. The molecular formula is C25H17NO6. The molecule has 7 nitrogen and oxygen atoms in total. The van der Waals surface area contributed by atoms with Crippen LogP contribution in [0, 0.1) is 0 Å². The highest BCUT2D eigenvalue weighted by Gasteiger charge is 2.35. The molecule has 32 heavy (non-hydrogen) atoms. The van der Waals surface area contributed by atoms with E-state index < -0.39 is 23.4 Å². The zero-order valence-electron chi connectivity index (χ0n) is 16.9. The largest absolute Gasteiger partial charge is 0.461 e. The highest BCUT2D eigenvalue weighted by atomic mass is 16.5. The summed E-state index contributed by atoms with van der Waals surface area (Å²) in [7, 11) is 0. The van der Waals surface area contributed by atoms with Gasteiger partial charge in [-0.1, -0.05) is 42.5 Å². The summed E-state index contributed by atoms with van der Waals surface area (Å²) in [6, 6.07) is 19.1. The van der Waals surface area contributed by atoms with Gasteiger partial charge in [0.2, 0.25) is 0 Å². The molecule has 0 bridgehead atoms. The van der Waals surface area contributed by atoms with Crippen LogP contribution in [0.1, 0.15) is 32.7 Å². The Bertz CT molecular complexity index is 1430. The molecule has 0 spiro atoms. The van der Waals surface area contributed by atoms with Crippen molar-refractivity contribution in [2.45, 2.75) is 13.0 Å². The summed E-state index contributed by atoms with van der Waals surface area (Å²) in [5.41, 5.74) is 1.07. The minimum atomic E-state index is -0.580. The Labute approximate surface area is 181 Å². The summed E-state index contributed by atoms with van der Waals surface area (Å²) in [6.45, 7) is -0.206. The molecule has 0 unspecified atom stereocenters. The van der Waals surface area contributed by atoms with Crippen LogP contribution in [-0.4, -0.2) is 29.2 Å². The molecule has 7 heteroatoms. The molecule has 0 atom stereocenters. The van der Waals surface area contributed by atoms with Gasteiger partial charge in [0.15, 0.2) is 0 Å². The molecule has 158 valence electrons. The van der Waals surface area contributed by atoms with Crippen molar-refractivity contribution in [3.05, 3.63) is 93.8 Å². The number of hydrogen-bond acceptors (Lipinski definition) is 6. The maximum absolute atomic E-state index is 12.4. The highest BCUT2D eigenvalue weighted by Crippen LogP contribution is 2.28. The highest BCUT2D eigenvalue weighted by molar-refractivity contribution is 6.21. The second kappa shape index (κ2) is 7.77. The number of benzene rings is 3. The van der Waals surface area contributed by atoms with Crippen molar-refractivity contribution in [3.8, 4) is 0 Å². The van der Waals surface area contributed by atoms with Gasteiger partial charge in [0.05, 0.1) is 17.5 Å². The van der Waals surface area contributed by atoms with E-state index in [-0.39, 0.29) is 19.6 Å². The van der Waals surface area contributed by atoms with Crippen LogP contribution in [-0.2, 0) is 16.1 Å². The fourth-order valence-electron chi connectivity index (χ4n) is 4.01. The minimum Gasteiger partial charge on any atom is -0.461 e. The van der Waals surface area contributed by atoms with Crippen molar-refractivity contribution < 1.29 is 23.5 Å². The predicted molar refractivity (Wildman–Crippen MR) is 116 cm³/mol. The van der Waals surface area contributed by atoms with E-state index in [0.29, 0.717) is 27.7 Å². The fourth-order valence-corrected chi connectivity index (χ4v) is 4.01. The van der Waals surface area contributed by atoms with Crippen molar-refractivity contribution in [1.29, 1.82) is 0 Å². The quantitative estimate of drug-likeness (QED) is 0.209. The van der Waals surface area contributed by atoms with Gasteiger partial charge < -0.3 is 9.15 Å². The van der Waals surface area contributed by atoms with Crippen LogP contribution in [0.2, 0.25) is 0 Å². The number of rotatable bonds is 5. The summed E-state index contributed by atoms with van der Waals surface area (Å²) in [5, 5.41) is 2.55. The predicted octanol–water partition coefficient (Wildman–Crippen LogP) is 3.68. The number of fused-ring (bicyclic) bond motifs is 4. The molecule has 0 saturated carbocycles. The van der Waals surface area contributed by atoms with Crippen LogP contribution >= 0.6 is 0 Å². The van der Waals surface area contributed by atoms with Gasteiger partial charge in [-0.25, -0.2) is 4.79 Å². The molecule has 2 amide bonds. The normalized spacial score (nSPS) is 13.1. The second-order valence-corrected chi connectivity index (χ2v) is 7.47. The Kier molecular flexibility index (Phi) is 4.78. The van der Waals surface area contributed by atoms with Crippen LogP contribution in [0.4, 0.5) is 0 Å². The van der Waals surface area contributed by atoms with Crippen molar-refractivity contribution in [1.82, 2.24) is 4.90 Å². The number of carbonyl (C=O) groups excluding carboxylic acids is 3. The molecule has 2 heterocycles. The number of nitrogens with zero attached hydrogens (tertiary/aromatic N) is 1. The maximum Gasteiger partial charge on any atom is 0.336 e. The third kappa shape index (κ3) is 3.33. The van der Waals surface area contributed by atoms with Crippen LogP contribution < -0.4 is 5.63 Å². The van der Waals surface area contributed by atoms with Crippen molar-refractivity contribution in [2.75, 3.05) is 6.54 Å². The third-order valence-electron chi connectivity index (χ3n) is 5.52. The van der Waals surface area contributed by atoms with E-state index in [1.54, 1.807) is 30.3 Å². The van der Waals surface area contributed by atoms with Crippen LogP contribution in [0.25, 0.3) is 21.7 Å². The van der Waals surface area contributed by atoms with E-state index in [1.807, 2.05) is 30.3 Å². The third-order valence-corrected chi connectivity index (χ3v) is 5.52. The van der Waals surface area contributed by atoms with Gasteiger partial charge >= 0.3 is 11.6 Å². The van der Waals surface area contributed by atoms with Crippen molar-refractivity contribution >= 4 is 39.5 Å². The van der Waals surface area contributed by atoms with E-state index in [1.165, 1.54) is 6.07 Å². The molecule has 5 rings (SSSR count). The fraction of sp³-hybridized carbons (Fsp3) is 0.120. The molecule has 0 saturated heterocycles. The molecule has 3 aromatic carbocycles. The summed E-state index contributed by atoms with van der Waals surface area (Å²) in [6.07, 6.45) is -0.147. The van der Waals surface area contributed by atoms with E-state index in [0.717, 1.165) is 15.7 Å². The van der Waals surface area contributed by atoms with Crippen molar-refractivity contribution in [2.24, 2.45) is 0 Å². The SMILES string of the molecule is O=C(CCN1C(=O)c2ccccc2C1=O)OCc1cc(=O)oc2ccc3ccccc3c12. The number of carbonyl (C=O) groups is 3. The lowest BCUT2D eigenvalue weighted by atomic mass is 10.0. The number of hydrogen-bond donors (Lipinski definition) is 0. The first-order chi connectivity index (χ1) is 15.5. The maximum atomic E-state index is 12.4. The zero-order valence-corrected chi connectivity index (χ0v) is 16.9. The number of imide groups is 1. The molecule has 1 aromatic heterocycles. The van der Waals surface area contributed by atoms with E-state index >= 15 is 0 Å². The smallest absolute Gasteiger partial charge is 0.336 e. The molecule has 0 radical (unpaired) electrons. The van der Waals surface area contributed by atoms with Gasteiger partial charge in [0.1, 0.15) is 12.2 Å². The molecule has 0 N–H and O–H groups in total. The van der Waals surface area contributed by atoms with E-state index in [2.05, 4.69) is 0 Å². The summed E-state index contributed by atoms with van der Waals surface area (Å²) < 4.78 is 10.7. The molecular weight excluding hydrogens is 410 g/mol. The lowest BCUT2D eigenvalue weighted by Gasteiger charge is -2.13. The average Bonchev–Trinajstić information content (AvgIpc) is 3.05. The van der Waals surface area contributed by atoms with Crippen LogP contribution in [0.15, 0.2) is 75.9 Å². The first-order valence-electron chi connectivity index (χ1n) is 10.1. The molecule has 1 aliphatic rings. The van der Waals surface area contributed by atoms with Gasteiger partial charge in [-0.3, -0.25) is 19.3 Å². The van der Waals surface area contributed by atoms with Crippen LogP contribution in [0.5, 0.6) is 0 Å². The number of esters is 1. The molecule has 0 fully saturated rings. The molecule has 4 aromatic rings. The Hall–Kier alpha value is -4.26. The summed E-state index contributed by atoms with van der Waals surface area (Å²) in [4.78, 5) is 50.2. The average molecular weight is 427 g/mol. The first-order valence-corrected chi connectivity index (χ1v) is 10.1. The van der Waals surface area contributed by atoms with Crippen molar-refractivity contribution in [3.63, 3.8) is 0 Å². The van der Waals surface area contributed by atoms with E-state index in [4.69, 9.17) is 9.15 Å². The summed E-state index contributed by atoms with van der Waals surface area (Å²) in [5.74, 6) is -1.42. The lowest BCUT2D eigenvalue weighted by Crippen LogP contribution is -2.32. The minimum absolute atomic E-state index is 0.0776. The summed E-state index contributed by atoms with van der Waals surface area (Å²) >= 11 is 0. The number of amides is 2. The standard InChI is InChI=1S/C25H17NO6/c27-21(11-12-26-24(29)18-7-3-4-8-19(18)25(26)30)31-14-16-13-22(28)32-20-10-9-15-5-1-2-6-17(15)23(16)20/h1-10,13H,11-12,14H2. The van der Waals surface area contributed by atoms with Crippen LogP contribution in [0.3, 0.4) is 0 Å². The Balaban J connectivity index is 1.32. The van der Waals surface area contributed by atoms with Gasteiger partial charge in [0, 0.05) is 23.6 Å². The number of ether oxygens (including phenoxy) is 1. The Morgan fingerprint density at radius 1 is 0.875 bits per heavy atom. The zero-order chi connectivity index (χ0) is 22.2. The van der Waals surface area contributed by atoms with Gasteiger partial charge in [0.25, 0.3) is 11.8 Å².